The van der Waals surface area contributed by atoms with Crippen LogP contribution in [-0.2, 0) is 29.0 Å². The Labute approximate surface area is 226 Å². The minimum absolute atomic E-state index is 0.0500. The van der Waals surface area contributed by atoms with Gasteiger partial charge in [0.25, 0.3) is 0 Å². The quantitative estimate of drug-likeness (QED) is 0.294. The lowest BCUT2D eigenvalue weighted by molar-refractivity contribution is -0.140. The first-order chi connectivity index (χ1) is 16.8. The Morgan fingerprint density at radius 1 is 0.857 bits per heavy atom. The standard InChI is InChI=1S/C27H26Cl4N2O2/c1-2-12-32-27(35)25(14-18-6-4-3-5-7-18)33(17-20-9-10-21(28)16-23(20)30)26(34)15-19-8-11-22(29)24(31)13-19/h3-11,13,16,25H,2,12,14-15,17H2,1H3,(H,32,35)/t25-/m0/s1. The zero-order valence-electron chi connectivity index (χ0n) is 19.2. The molecule has 4 nitrogen and oxygen atoms in total. The fourth-order valence-electron chi connectivity index (χ4n) is 3.68. The molecule has 0 radical (unpaired) electrons. The third-order valence-electron chi connectivity index (χ3n) is 5.52. The zero-order valence-corrected chi connectivity index (χ0v) is 22.3. The van der Waals surface area contributed by atoms with Gasteiger partial charge in [-0.2, -0.15) is 0 Å². The maximum Gasteiger partial charge on any atom is 0.243 e. The van der Waals surface area contributed by atoms with Crippen LogP contribution in [0.25, 0.3) is 0 Å². The van der Waals surface area contributed by atoms with Gasteiger partial charge in [-0.15, -0.1) is 0 Å². The van der Waals surface area contributed by atoms with Crippen LogP contribution in [0.5, 0.6) is 0 Å². The summed E-state index contributed by atoms with van der Waals surface area (Å²) in [7, 11) is 0. The highest BCUT2D eigenvalue weighted by molar-refractivity contribution is 6.42. The third-order valence-corrected chi connectivity index (χ3v) is 6.84. The molecule has 0 heterocycles. The first kappa shape index (κ1) is 27.3. The Balaban J connectivity index is 1.99. The Hall–Kier alpha value is -2.24. The van der Waals surface area contributed by atoms with Crippen LogP contribution in [0.15, 0.2) is 66.7 Å². The van der Waals surface area contributed by atoms with Crippen LogP contribution in [0.2, 0.25) is 20.1 Å². The van der Waals surface area contributed by atoms with E-state index in [1.807, 2.05) is 37.3 Å². The Kier molecular flexibility index (Phi) is 10.3. The lowest BCUT2D eigenvalue weighted by atomic mass is 10.0. The maximum atomic E-state index is 13.7. The number of halogens is 4. The SMILES string of the molecule is CCCNC(=O)[C@H](Cc1ccccc1)N(Cc1ccc(Cl)cc1Cl)C(=O)Cc1ccc(Cl)c(Cl)c1. The third kappa shape index (κ3) is 7.88. The van der Waals surface area contributed by atoms with Gasteiger partial charge in [0.15, 0.2) is 0 Å². The highest BCUT2D eigenvalue weighted by Gasteiger charge is 2.30. The number of rotatable bonds is 10. The van der Waals surface area contributed by atoms with Gasteiger partial charge in [-0.25, -0.2) is 0 Å². The van der Waals surface area contributed by atoms with E-state index in [1.165, 1.54) is 0 Å². The number of benzene rings is 3. The maximum absolute atomic E-state index is 13.7. The Bertz CT molecular complexity index is 1170. The van der Waals surface area contributed by atoms with E-state index in [9.17, 15) is 9.59 Å². The summed E-state index contributed by atoms with van der Waals surface area (Å²) in [6, 6.07) is 19.1. The number of hydrogen-bond donors (Lipinski definition) is 1. The number of carbonyl (C=O) groups excluding carboxylic acids is 2. The van der Waals surface area contributed by atoms with E-state index in [2.05, 4.69) is 5.32 Å². The van der Waals surface area contributed by atoms with Crippen molar-refractivity contribution in [1.29, 1.82) is 0 Å². The highest BCUT2D eigenvalue weighted by atomic mass is 35.5. The average Bonchev–Trinajstić information content (AvgIpc) is 2.84. The second-order valence-corrected chi connectivity index (χ2v) is 9.84. The number of amides is 2. The molecular formula is C27H26Cl4N2O2. The van der Waals surface area contributed by atoms with Crippen molar-refractivity contribution in [2.75, 3.05) is 6.54 Å². The first-order valence-corrected chi connectivity index (χ1v) is 12.8. The molecule has 1 N–H and O–H groups in total. The van der Waals surface area contributed by atoms with Crippen molar-refractivity contribution < 1.29 is 9.59 Å². The number of nitrogens with zero attached hydrogens (tertiary/aromatic N) is 1. The van der Waals surface area contributed by atoms with Crippen molar-refractivity contribution in [3.8, 4) is 0 Å². The molecule has 0 aliphatic carbocycles. The fourth-order valence-corrected chi connectivity index (χ4v) is 4.47. The van der Waals surface area contributed by atoms with Crippen molar-refractivity contribution in [3.63, 3.8) is 0 Å². The molecule has 0 unspecified atom stereocenters. The summed E-state index contributed by atoms with van der Waals surface area (Å²) in [6.45, 7) is 2.64. The summed E-state index contributed by atoms with van der Waals surface area (Å²) in [5.41, 5.74) is 2.34. The lowest BCUT2D eigenvalue weighted by Crippen LogP contribution is -2.51. The van der Waals surface area contributed by atoms with Crippen molar-refractivity contribution in [2.24, 2.45) is 0 Å². The molecule has 0 aliphatic rings. The molecule has 0 spiro atoms. The zero-order chi connectivity index (χ0) is 25.4. The molecule has 35 heavy (non-hydrogen) atoms. The molecule has 1 atom stereocenters. The van der Waals surface area contributed by atoms with Gasteiger partial charge >= 0.3 is 0 Å². The van der Waals surface area contributed by atoms with Gasteiger partial charge in [-0.05, 0) is 47.4 Å². The lowest BCUT2D eigenvalue weighted by Gasteiger charge is -2.32. The van der Waals surface area contributed by atoms with E-state index in [-0.39, 0.29) is 24.8 Å². The molecule has 3 aromatic rings. The molecule has 8 heteroatoms. The first-order valence-electron chi connectivity index (χ1n) is 11.3. The summed E-state index contributed by atoms with van der Waals surface area (Å²) < 4.78 is 0. The molecule has 0 saturated heterocycles. The summed E-state index contributed by atoms with van der Waals surface area (Å²) in [5, 5.41) is 4.65. The highest BCUT2D eigenvalue weighted by Crippen LogP contribution is 2.26. The van der Waals surface area contributed by atoms with Gasteiger partial charge in [0.05, 0.1) is 16.5 Å². The predicted octanol–water partition coefficient (Wildman–Crippen LogP) is 7.01. The van der Waals surface area contributed by atoms with Crippen molar-refractivity contribution in [1.82, 2.24) is 10.2 Å². The number of nitrogens with one attached hydrogen (secondary N) is 1. The molecular weight excluding hydrogens is 526 g/mol. The van der Waals surface area contributed by atoms with Gasteiger partial charge in [0.2, 0.25) is 11.8 Å². The molecule has 0 aliphatic heterocycles. The van der Waals surface area contributed by atoms with Gasteiger partial charge in [0.1, 0.15) is 6.04 Å². The van der Waals surface area contributed by atoms with Crippen LogP contribution in [0.3, 0.4) is 0 Å². The molecule has 3 rings (SSSR count). The largest absolute Gasteiger partial charge is 0.354 e. The Morgan fingerprint density at radius 2 is 1.60 bits per heavy atom. The van der Waals surface area contributed by atoms with Crippen LogP contribution in [0.4, 0.5) is 0 Å². The van der Waals surface area contributed by atoms with Gasteiger partial charge in [0, 0.05) is 29.6 Å². The summed E-state index contributed by atoms with van der Waals surface area (Å²) in [6.07, 6.45) is 1.19. The number of hydrogen-bond acceptors (Lipinski definition) is 2. The minimum atomic E-state index is -0.744. The molecule has 0 aromatic heterocycles. The summed E-state index contributed by atoms with van der Waals surface area (Å²) in [5.74, 6) is -0.453. The minimum Gasteiger partial charge on any atom is -0.354 e. The molecule has 0 bridgehead atoms. The van der Waals surface area contributed by atoms with Crippen molar-refractivity contribution in [2.45, 2.75) is 38.8 Å². The van der Waals surface area contributed by atoms with Crippen LogP contribution >= 0.6 is 46.4 Å². The molecule has 3 aromatic carbocycles. The average molecular weight is 552 g/mol. The molecule has 0 fully saturated rings. The van der Waals surface area contributed by atoms with Gasteiger partial charge in [-0.1, -0.05) is 95.8 Å². The van der Waals surface area contributed by atoms with Crippen LogP contribution in [0, 0.1) is 0 Å². The molecule has 184 valence electrons. The molecule has 2 amide bonds. The van der Waals surface area contributed by atoms with Gasteiger partial charge in [-0.3, -0.25) is 9.59 Å². The monoisotopic (exact) mass is 550 g/mol. The van der Waals surface area contributed by atoms with Crippen LogP contribution in [-0.4, -0.2) is 29.3 Å². The van der Waals surface area contributed by atoms with Gasteiger partial charge < -0.3 is 10.2 Å². The Morgan fingerprint density at radius 3 is 2.26 bits per heavy atom. The molecule has 0 saturated carbocycles. The van der Waals surface area contributed by atoms with E-state index in [0.717, 1.165) is 12.0 Å². The van der Waals surface area contributed by atoms with E-state index in [4.69, 9.17) is 46.4 Å². The number of carbonyl (C=O) groups is 2. The topological polar surface area (TPSA) is 49.4 Å². The summed E-state index contributed by atoms with van der Waals surface area (Å²) >= 11 is 24.7. The summed E-state index contributed by atoms with van der Waals surface area (Å²) in [4.78, 5) is 28.6. The second kappa shape index (κ2) is 13.2. The fraction of sp³-hybridized carbons (Fsp3) is 0.259. The second-order valence-electron chi connectivity index (χ2n) is 8.18. The van der Waals surface area contributed by atoms with E-state index in [1.54, 1.807) is 41.3 Å². The van der Waals surface area contributed by atoms with Crippen LogP contribution < -0.4 is 5.32 Å². The predicted molar refractivity (Wildman–Crippen MR) is 144 cm³/mol. The van der Waals surface area contributed by atoms with Crippen molar-refractivity contribution >= 4 is 58.2 Å². The smallest absolute Gasteiger partial charge is 0.243 e. The van der Waals surface area contributed by atoms with E-state index in [0.29, 0.717) is 44.2 Å². The van der Waals surface area contributed by atoms with E-state index < -0.39 is 6.04 Å². The normalized spacial score (nSPS) is 11.7. The van der Waals surface area contributed by atoms with Crippen molar-refractivity contribution in [3.05, 3.63) is 104 Å². The van der Waals surface area contributed by atoms with E-state index >= 15 is 0 Å². The van der Waals surface area contributed by atoms with Crippen LogP contribution in [0.1, 0.15) is 30.0 Å².